The van der Waals surface area contributed by atoms with Crippen molar-refractivity contribution in [2.75, 3.05) is 0 Å². The molecule has 10 atom stereocenters. The Balaban J connectivity index is 1.69. The molecule has 0 aliphatic heterocycles. The van der Waals surface area contributed by atoms with Gasteiger partial charge in [0, 0.05) is 17.4 Å². The minimum Gasteiger partial charge on any atom is -0.393 e. The van der Waals surface area contributed by atoms with E-state index in [4.69, 9.17) is 5.73 Å². The molecular weight excluding hydrogens is 446 g/mol. The van der Waals surface area contributed by atoms with Crippen molar-refractivity contribution in [3.8, 4) is 0 Å². The predicted octanol–water partition coefficient (Wildman–Crippen LogP) is 6.44. The van der Waals surface area contributed by atoms with Gasteiger partial charge in [0.2, 0.25) is 0 Å². The summed E-state index contributed by atoms with van der Waals surface area (Å²) in [4.78, 5) is 0. The van der Waals surface area contributed by atoms with Gasteiger partial charge in [0.05, 0.1) is 6.10 Å². The van der Waals surface area contributed by atoms with Crippen LogP contribution in [0.15, 0.2) is 0 Å². The summed E-state index contributed by atoms with van der Waals surface area (Å²) in [7, 11) is 0. The van der Waals surface area contributed by atoms with Crippen molar-refractivity contribution in [2.45, 2.75) is 155 Å². The molecule has 4 fully saturated rings. The first kappa shape index (κ1) is 28.8. The number of fused-ring (bicyclic) bond motifs is 5. The van der Waals surface area contributed by atoms with Gasteiger partial charge in [-0.3, -0.25) is 0 Å². The highest BCUT2D eigenvalue weighted by Crippen LogP contribution is 2.72. The second-order valence-electron chi connectivity index (χ2n) is 15.0. The second-order valence-corrected chi connectivity index (χ2v) is 15.0. The zero-order valence-electron chi connectivity index (χ0n) is 24.7. The number of hydrogen-bond donors (Lipinski definition) is 4. The normalized spacial score (nSPS) is 47.8. The van der Waals surface area contributed by atoms with Crippen LogP contribution in [-0.4, -0.2) is 38.2 Å². The molecule has 4 nitrogen and oxygen atoms in total. The monoisotopic (exact) mass is 505 g/mol. The molecule has 0 aromatic carbocycles. The van der Waals surface area contributed by atoms with E-state index in [2.05, 4.69) is 48.5 Å². The van der Waals surface area contributed by atoms with E-state index in [1.165, 1.54) is 38.5 Å². The fraction of sp³-hybridized carbons (Fsp3) is 1.00. The Morgan fingerprint density at radius 2 is 1.56 bits per heavy atom. The van der Waals surface area contributed by atoms with E-state index < -0.39 is 28.3 Å². The molecule has 0 aromatic rings. The van der Waals surface area contributed by atoms with Crippen LogP contribution >= 0.6 is 0 Å². The summed E-state index contributed by atoms with van der Waals surface area (Å²) in [6.07, 6.45) is 11.9. The molecule has 0 saturated heterocycles. The van der Waals surface area contributed by atoms with Crippen LogP contribution < -0.4 is 5.73 Å². The predicted molar refractivity (Wildman–Crippen MR) is 148 cm³/mol. The molecule has 0 unspecified atom stereocenters. The van der Waals surface area contributed by atoms with Crippen LogP contribution in [0.2, 0.25) is 0 Å². The molecule has 4 saturated carbocycles. The van der Waals surface area contributed by atoms with E-state index in [0.29, 0.717) is 48.9 Å². The maximum absolute atomic E-state index is 12.7. The quantitative estimate of drug-likeness (QED) is 0.306. The highest BCUT2D eigenvalue weighted by atomic mass is 16.4. The van der Waals surface area contributed by atoms with E-state index in [9.17, 15) is 15.3 Å². The molecule has 0 heterocycles. The number of aliphatic hydroxyl groups excluding tert-OH is 1. The van der Waals surface area contributed by atoms with Crippen LogP contribution in [0, 0.1) is 46.3 Å². The first-order valence-electron chi connectivity index (χ1n) is 15.6. The lowest BCUT2D eigenvalue weighted by Gasteiger charge is -2.71. The van der Waals surface area contributed by atoms with Crippen molar-refractivity contribution in [1.29, 1.82) is 0 Å². The summed E-state index contributed by atoms with van der Waals surface area (Å²) in [6.45, 7) is 16.1. The third kappa shape index (κ3) is 3.97. The van der Waals surface area contributed by atoms with Crippen LogP contribution in [0.5, 0.6) is 0 Å². The fourth-order valence-corrected chi connectivity index (χ4v) is 10.8. The van der Waals surface area contributed by atoms with E-state index >= 15 is 0 Å². The Morgan fingerprint density at radius 1 is 0.889 bits per heavy atom. The Kier molecular flexibility index (Phi) is 7.84. The maximum Gasteiger partial charge on any atom is 0.112 e. The molecule has 5 N–H and O–H groups in total. The Hall–Kier alpha value is -0.160. The zero-order chi connectivity index (χ0) is 26.7. The van der Waals surface area contributed by atoms with Crippen LogP contribution in [0.3, 0.4) is 0 Å². The third-order valence-electron chi connectivity index (χ3n) is 13.2. The topological polar surface area (TPSA) is 86.7 Å². The highest BCUT2D eigenvalue weighted by molar-refractivity contribution is 5.27. The molecule has 0 spiro atoms. The van der Waals surface area contributed by atoms with Gasteiger partial charge in [-0.25, -0.2) is 0 Å². The van der Waals surface area contributed by atoms with Crippen LogP contribution in [-0.2, 0) is 0 Å². The molecule has 210 valence electrons. The maximum atomic E-state index is 12.7. The second kappa shape index (κ2) is 9.79. The van der Waals surface area contributed by atoms with Gasteiger partial charge in [0.1, 0.15) is 11.2 Å². The smallest absolute Gasteiger partial charge is 0.112 e. The van der Waals surface area contributed by atoms with Gasteiger partial charge in [-0.15, -0.1) is 0 Å². The van der Waals surface area contributed by atoms with E-state index in [1.54, 1.807) is 0 Å². The van der Waals surface area contributed by atoms with Gasteiger partial charge in [-0.1, -0.05) is 67.7 Å². The summed E-state index contributed by atoms with van der Waals surface area (Å²) in [5.41, 5.74) is 3.36. The first-order valence-corrected chi connectivity index (χ1v) is 15.6. The summed E-state index contributed by atoms with van der Waals surface area (Å²) in [5.74, 6) is 3.65. The van der Waals surface area contributed by atoms with Crippen molar-refractivity contribution in [3.63, 3.8) is 0 Å². The van der Waals surface area contributed by atoms with Gasteiger partial charge in [0.25, 0.3) is 0 Å². The van der Waals surface area contributed by atoms with Crippen molar-refractivity contribution in [3.05, 3.63) is 0 Å². The summed E-state index contributed by atoms with van der Waals surface area (Å²) in [6, 6.07) is 0. The highest BCUT2D eigenvalue weighted by Gasteiger charge is 2.75. The molecule has 4 aliphatic carbocycles. The van der Waals surface area contributed by atoms with Crippen molar-refractivity contribution < 1.29 is 15.3 Å². The average Bonchev–Trinajstić information content (AvgIpc) is 3.17. The molecule has 0 aromatic heterocycles. The molecule has 4 rings (SSSR count). The fourth-order valence-electron chi connectivity index (χ4n) is 10.8. The molecule has 0 radical (unpaired) electrons. The number of aliphatic hydroxyl groups is 3. The molecule has 4 heteroatoms. The average molecular weight is 506 g/mol. The van der Waals surface area contributed by atoms with Gasteiger partial charge >= 0.3 is 0 Å². The lowest BCUT2D eigenvalue weighted by molar-refractivity contribution is -0.324. The third-order valence-corrected chi connectivity index (χ3v) is 13.2. The molecule has 0 amide bonds. The number of rotatable bonds is 8. The lowest BCUT2D eigenvalue weighted by atomic mass is 9.37. The largest absolute Gasteiger partial charge is 0.393 e. The van der Waals surface area contributed by atoms with Crippen LogP contribution in [0.1, 0.15) is 132 Å². The molecule has 4 aliphatic rings. The van der Waals surface area contributed by atoms with Gasteiger partial charge in [0.15, 0.2) is 0 Å². The lowest BCUT2D eigenvalue weighted by Crippen LogP contribution is -2.81. The SMILES string of the molecule is CCC(N)(CC)[C@@]1(O)C[C@H]2[C@@H]3CC[C@H]([C@H](C)CCCC(C)C)[C@@]3(C)CC[C@@H]2[C@@]2(C)CC[C@H](O)C[C@@]21O. The number of nitrogens with two attached hydrogens (primary N) is 1. The van der Waals surface area contributed by atoms with Crippen molar-refractivity contribution >= 4 is 0 Å². The molecule has 36 heavy (non-hydrogen) atoms. The van der Waals surface area contributed by atoms with Crippen molar-refractivity contribution in [2.24, 2.45) is 52.1 Å². The minimum absolute atomic E-state index is 0.250. The minimum atomic E-state index is -1.39. The Labute approximate surface area is 222 Å². The van der Waals surface area contributed by atoms with Gasteiger partial charge < -0.3 is 21.1 Å². The zero-order valence-corrected chi connectivity index (χ0v) is 24.7. The van der Waals surface area contributed by atoms with Crippen molar-refractivity contribution in [1.82, 2.24) is 0 Å². The van der Waals surface area contributed by atoms with Gasteiger partial charge in [-0.05, 0) is 98.7 Å². The van der Waals surface area contributed by atoms with Gasteiger partial charge in [-0.2, -0.15) is 0 Å². The van der Waals surface area contributed by atoms with Crippen LogP contribution in [0.4, 0.5) is 0 Å². The van der Waals surface area contributed by atoms with E-state index in [0.717, 1.165) is 30.6 Å². The number of hydrogen-bond acceptors (Lipinski definition) is 4. The van der Waals surface area contributed by atoms with E-state index in [-0.39, 0.29) is 6.42 Å². The summed E-state index contributed by atoms with van der Waals surface area (Å²) >= 11 is 0. The molecule has 0 bridgehead atoms. The molecular formula is C32H59NO3. The summed E-state index contributed by atoms with van der Waals surface area (Å²) < 4.78 is 0. The Bertz CT molecular complexity index is 781. The first-order chi connectivity index (χ1) is 16.7. The standard InChI is InChI=1S/C32H59NO3/c1-8-30(33,9-2)32(36)20-24-26-14-13-25(22(5)12-10-11-21(3)4)28(26,6)17-16-27(24)29(7)18-15-23(34)19-31(29,32)35/h21-27,34-36H,8-20,33H2,1-7H3/t22-,23+,24+,25-,26+,27+,28-,29-,31-,32+/m1/s1. The van der Waals surface area contributed by atoms with Crippen LogP contribution in [0.25, 0.3) is 0 Å². The summed E-state index contributed by atoms with van der Waals surface area (Å²) in [5, 5.41) is 36.0. The van der Waals surface area contributed by atoms with E-state index in [1.807, 2.05) is 0 Å². The Morgan fingerprint density at radius 3 is 2.17 bits per heavy atom.